The fraction of sp³-hybridized carbons (Fsp3) is 0.571. The zero-order chi connectivity index (χ0) is 14.6. The summed E-state index contributed by atoms with van der Waals surface area (Å²) in [6.07, 6.45) is -3.28. The summed E-state index contributed by atoms with van der Waals surface area (Å²) in [6.45, 7) is 5.74. The molecule has 1 aromatic carbocycles. The van der Waals surface area contributed by atoms with Crippen LogP contribution >= 0.6 is 0 Å². The van der Waals surface area contributed by atoms with Crippen molar-refractivity contribution in [2.45, 2.75) is 51.9 Å². The molecule has 0 heterocycles. The summed E-state index contributed by atoms with van der Waals surface area (Å²) in [5, 5.41) is 0. The molecule has 2 N–H and O–H groups in total. The number of alkyl halides is 3. The molecule has 1 aromatic rings. The Hall–Kier alpha value is -1.23. The largest absolute Gasteiger partial charge is 0.573 e. The molecule has 0 amide bonds. The average molecular weight is 275 g/mol. The molecule has 108 valence electrons. The van der Waals surface area contributed by atoms with Crippen molar-refractivity contribution >= 4 is 0 Å². The van der Waals surface area contributed by atoms with Gasteiger partial charge in [-0.25, -0.2) is 0 Å². The molecular weight excluding hydrogens is 255 g/mol. The molecule has 0 radical (unpaired) electrons. The van der Waals surface area contributed by atoms with Gasteiger partial charge in [0.25, 0.3) is 0 Å². The van der Waals surface area contributed by atoms with E-state index in [2.05, 4.69) is 4.74 Å². The van der Waals surface area contributed by atoms with Crippen molar-refractivity contribution in [3.8, 4) is 5.75 Å². The second-order valence-electron chi connectivity index (χ2n) is 5.13. The molecule has 0 aliphatic heterocycles. The summed E-state index contributed by atoms with van der Waals surface area (Å²) in [5.74, 6) is -0.00999. The predicted molar refractivity (Wildman–Crippen MR) is 69.2 cm³/mol. The molecular formula is C14H20F3NO. The summed E-state index contributed by atoms with van der Waals surface area (Å²) < 4.78 is 40.8. The smallest absolute Gasteiger partial charge is 0.406 e. The van der Waals surface area contributed by atoms with Crippen LogP contribution < -0.4 is 10.5 Å². The number of halogens is 3. The molecule has 0 spiro atoms. The maximum absolute atomic E-state index is 12.3. The highest BCUT2D eigenvalue weighted by molar-refractivity contribution is 5.36. The Morgan fingerprint density at radius 1 is 1.16 bits per heavy atom. The number of rotatable bonds is 5. The van der Waals surface area contributed by atoms with Gasteiger partial charge < -0.3 is 10.5 Å². The molecule has 0 aliphatic rings. The first kappa shape index (κ1) is 15.8. The molecule has 0 bridgehead atoms. The topological polar surface area (TPSA) is 35.2 Å². The zero-order valence-electron chi connectivity index (χ0n) is 11.4. The van der Waals surface area contributed by atoms with E-state index in [4.69, 9.17) is 5.73 Å². The molecule has 1 unspecified atom stereocenters. The summed E-state index contributed by atoms with van der Waals surface area (Å²) >= 11 is 0. The highest BCUT2D eigenvalue weighted by Crippen LogP contribution is 2.28. The van der Waals surface area contributed by atoms with Gasteiger partial charge in [-0.15, -0.1) is 13.2 Å². The normalized spacial score (nSPS) is 13.7. The molecule has 1 rings (SSSR count). The number of ether oxygens (including phenoxy) is 1. The van der Waals surface area contributed by atoms with Crippen molar-refractivity contribution < 1.29 is 17.9 Å². The predicted octanol–water partition coefficient (Wildman–Crippen LogP) is 3.99. The second kappa shape index (κ2) is 6.28. The zero-order valence-corrected chi connectivity index (χ0v) is 11.4. The second-order valence-corrected chi connectivity index (χ2v) is 5.13. The van der Waals surface area contributed by atoms with Crippen molar-refractivity contribution in [1.29, 1.82) is 0 Å². The molecule has 0 fully saturated rings. The lowest BCUT2D eigenvalue weighted by molar-refractivity contribution is -0.274. The quantitative estimate of drug-likeness (QED) is 0.882. The van der Waals surface area contributed by atoms with Crippen LogP contribution in [-0.2, 0) is 6.42 Å². The van der Waals surface area contributed by atoms with Crippen LogP contribution in [0.2, 0.25) is 0 Å². The van der Waals surface area contributed by atoms with E-state index < -0.39 is 6.36 Å². The minimum absolute atomic E-state index is 0.0229. The molecule has 19 heavy (non-hydrogen) atoms. The summed E-state index contributed by atoms with van der Waals surface area (Å²) in [6, 6.07) is 4.81. The van der Waals surface area contributed by atoms with Crippen molar-refractivity contribution in [1.82, 2.24) is 0 Å². The van der Waals surface area contributed by atoms with Gasteiger partial charge in [-0.05, 0) is 48.9 Å². The highest BCUT2D eigenvalue weighted by atomic mass is 19.4. The van der Waals surface area contributed by atoms with Gasteiger partial charge in [-0.3, -0.25) is 0 Å². The fourth-order valence-electron chi connectivity index (χ4n) is 1.75. The molecule has 1 atom stereocenters. The SMILES string of the molecule is CC(N)CCc1cc(OC(F)(F)F)cc(C(C)C)c1. The first-order valence-corrected chi connectivity index (χ1v) is 6.32. The Labute approximate surface area is 111 Å². The van der Waals surface area contributed by atoms with E-state index in [-0.39, 0.29) is 17.7 Å². The van der Waals surface area contributed by atoms with Crippen molar-refractivity contribution in [2.75, 3.05) is 0 Å². The van der Waals surface area contributed by atoms with Gasteiger partial charge in [0.15, 0.2) is 0 Å². The number of benzene rings is 1. The Morgan fingerprint density at radius 2 is 1.79 bits per heavy atom. The third kappa shape index (κ3) is 5.96. The first-order chi connectivity index (χ1) is 8.67. The van der Waals surface area contributed by atoms with Crippen LogP contribution in [0.4, 0.5) is 13.2 Å². The molecule has 5 heteroatoms. The number of nitrogens with two attached hydrogens (primary N) is 1. The highest BCUT2D eigenvalue weighted by Gasteiger charge is 2.31. The number of hydrogen-bond acceptors (Lipinski definition) is 2. The lowest BCUT2D eigenvalue weighted by Crippen LogP contribution is -2.18. The molecule has 0 aromatic heterocycles. The maximum atomic E-state index is 12.3. The van der Waals surface area contributed by atoms with E-state index in [1.54, 1.807) is 0 Å². The van der Waals surface area contributed by atoms with Crippen LogP contribution in [0.15, 0.2) is 18.2 Å². The summed E-state index contributed by atoms with van der Waals surface area (Å²) in [5.41, 5.74) is 7.32. The van der Waals surface area contributed by atoms with Crippen molar-refractivity contribution in [3.63, 3.8) is 0 Å². The van der Waals surface area contributed by atoms with E-state index in [1.807, 2.05) is 26.8 Å². The molecule has 0 saturated heterocycles. The van der Waals surface area contributed by atoms with Crippen LogP contribution in [0.1, 0.15) is 44.2 Å². The minimum Gasteiger partial charge on any atom is -0.406 e. The summed E-state index contributed by atoms with van der Waals surface area (Å²) in [7, 11) is 0. The van der Waals surface area contributed by atoms with Crippen LogP contribution in [0.25, 0.3) is 0 Å². The van der Waals surface area contributed by atoms with Crippen LogP contribution in [-0.4, -0.2) is 12.4 Å². The Balaban J connectivity index is 2.97. The van der Waals surface area contributed by atoms with E-state index in [0.717, 1.165) is 17.5 Å². The van der Waals surface area contributed by atoms with Crippen molar-refractivity contribution in [3.05, 3.63) is 29.3 Å². The minimum atomic E-state index is -4.66. The number of hydrogen-bond donors (Lipinski definition) is 1. The lowest BCUT2D eigenvalue weighted by atomic mass is 9.97. The van der Waals surface area contributed by atoms with E-state index in [1.165, 1.54) is 12.1 Å². The fourth-order valence-corrected chi connectivity index (χ4v) is 1.75. The van der Waals surface area contributed by atoms with Crippen LogP contribution in [0, 0.1) is 0 Å². The lowest BCUT2D eigenvalue weighted by Gasteiger charge is -2.15. The molecule has 2 nitrogen and oxygen atoms in total. The van der Waals surface area contributed by atoms with Gasteiger partial charge in [0.1, 0.15) is 5.75 Å². The average Bonchev–Trinajstić information content (AvgIpc) is 2.23. The third-order valence-electron chi connectivity index (χ3n) is 2.78. The Morgan fingerprint density at radius 3 is 2.26 bits per heavy atom. The van der Waals surface area contributed by atoms with Gasteiger partial charge in [0, 0.05) is 6.04 Å². The monoisotopic (exact) mass is 275 g/mol. The maximum Gasteiger partial charge on any atom is 0.573 e. The Kier molecular flexibility index (Phi) is 5.23. The van der Waals surface area contributed by atoms with Gasteiger partial charge in [0.2, 0.25) is 0 Å². The van der Waals surface area contributed by atoms with Gasteiger partial charge >= 0.3 is 6.36 Å². The third-order valence-corrected chi connectivity index (χ3v) is 2.78. The Bertz CT molecular complexity index is 414. The first-order valence-electron chi connectivity index (χ1n) is 6.32. The molecule has 0 saturated carbocycles. The van der Waals surface area contributed by atoms with Gasteiger partial charge in [-0.1, -0.05) is 19.9 Å². The van der Waals surface area contributed by atoms with Crippen LogP contribution in [0.3, 0.4) is 0 Å². The van der Waals surface area contributed by atoms with Crippen molar-refractivity contribution in [2.24, 2.45) is 5.73 Å². The van der Waals surface area contributed by atoms with Gasteiger partial charge in [-0.2, -0.15) is 0 Å². The van der Waals surface area contributed by atoms with E-state index >= 15 is 0 Å². The van der Waals surface area contributed by atoms with Gasteiger partial charge in [0.05, 0.1) is 0 Å². The van der Waals surface area contributed by atoms with E-state index in [9.17, 15) is 13.2 Å². The summed E-state index contributed by atoms with van der Waals surface area (Å²) in [4.78, 5) is 0. The van der Waals surface area contributed by atoms with E-state index in [0.29, 0.717) is 6.42 Å². The standard InChI is InChI=1S/C14H20F3NO/c1-9(2)12-6-11(5-4-10(3)18)7-13(8-12)19-14(15,16)17/h6-10H,4-5,18H2,1-3H3. The number of aryl methyl sites for hydroxylation is 1. The molecule has 0 aliphatic carbocycles. The van der Waals surface area contributed by atoms with Crippen LogP contribution in [0.5, 0.6) is 5.75 Å².